The molecule has 15 heavy (non-hydrogen) atoms. The van der Waals surface area contributed by atoms with Gasteiger partial charge in [-0.2, -0.15) is 5.10 Å². The van der Waals surface area contributed by atoms with E-state index < -0.39 is 15.8 Å². The van der Waals surface area contributed by atoms with Gasteiger partial charge in [0.25, 0.3) is 0 Å². The summed E-state index contributed by atoms with van der Waals surface area (Å²) in [5.74, 6) is -1.32. The Morgan fingerprint density at radius 1 is 1.67 bits per heavy atom. The second-order valence-electron chi connectivity index (χ2n) is 3.01. The van der Waals surface area contributed by atoms with Crippen molar-refractivity contribution in [1.29, 1.82) is 0 Å². The van der Waals surface area contributed by atoms with Gasteiger partial charge in [0.1, 0.15) is 20.6 Å². The van der Waals surface area contributed by atoms with E-state index in [1.165, 1.54) is 0 Å². The molecule has 1 heterocycles. The predicted octanol–water partition coefficient (Wildman–Crippen LogP) is 0.279. The maximum atomic E-state index is 10.9. The van der Waals surface area contributed by atoms with E-state index in [0.717, 1.165) is 17.1 Å². The highest BCUT2D eigenvalue weighted by Gasteiger charge is 2.15. The second kappa shape index (κ2) is 4.19. The van der Waals surface area contributed by atoms with E-state index >= 15 is 0 Å². The fourth-order valence-electron chi connectivity index (χ4n) is 0.922. The first-order valence-electron chi connectivity index (χ1n) is 3.93. The highest BCUT2D eigenvalue weighted by Crippen LogP contribution is 2.15. The van der Waals surface area contributed by atoms with Gasteiger partial charge >= 0.3 is 5.97 Å². The Bertz CT molecular complexity index is 479. The largest absolute Gasteiger partial charge is 0.478 e. The molecule has 0 fully saturated rings. The SMILES string of the molecule is CS(=O)(=O)CCn1ncc(C(=O)O)c1Cl. The van der Waals surface area contributed by atoms with Crippen LogP contribution in [-0.2, 0) is 16.4 Å². The Labute approximate surface area is 91.4 Å². The van der Waals surface area contributed by atoms with E-state index in [1.54, 1.807) is 0 Å². The van der Waals surface area contributed by atoms with Crippen molar-refractivity contribution >= 4 is 27.4 Å². The average molecular weight is 253 g/mol. The number of carboxylic acid groups (broad SMARTS) is 1. The minimum atomic E-state index is -3.12. The van der Waals surface area contributed by atoms with Crippen LogP contribution in [0, 0.1) is 0 Å². The lowest BCUT2D eigenvalue weighted by Gasteiger charge is -2.01. The first kappa shape index (κ1) is 12.0. The Kier molecular flexibility index (Phi) is 3.35. The van der Waals surface area contributed by atoms with Crippen LogP contribution in [0.25, 0.3) is 0 Å². The number of carbonyl (C=O) groups is 1. The molecule has 0 saturated carbocycles. The van der Waals surface area contributed by atoms with Crippen molar-refractivity contribution in [2.24, 2.45) is 0 Å². The molecule has 8 heteroatoms. The van der Waals surface area contributed by atoms with Gasteiger partial charge < -0.3 is 5.11 Å². The monoisotopic (exact) mass is 252 g/mol. The van der Waals surface area contributed by atoms with Crippen LogP contribution in [-0.4, -0.2) is 41.3 Å². The molecule has 0 amide bonds. The van der Waals surface area contributed by atoms with Crippen molar-refractivity contribution in [2.75, 3.05) is 12.0 Å². The molecule has 1 aromatic rings. The summed E-state index contributed by atoms with van der Waals surface area (Å²) in [5.41, 5.74) is -0.134. The predicted molar refractivity (Wildman–Crippen MR) is 53.9 cm³/mol. The Hall–Kier alpha value is -1.08. The number of halogens is 1. The van der Waals surface area contributed by atoms with Gasteiger partial charge in [-0.1, -0.05) is 11.6 Å². The molecule has 0 spiro atoms. The molecule has 1 rings (SSSR count). The summed E-state index contributed by atoms with van der Waals surface area (Å²) in [6.45, 7) is 0.0466. The molecule has 6 nitrogen and oxygen atoms in total. The van der Waals surface area contributed by atoms with Crippen LogP contribution in [0.4, 0.5) is 0 Å². The summed E-state index contributed by atoms with van der Waals surface area (Å²) in [5, 5.41) is 12.3. The topological polar surface area (TPSA) is 89.3 Å². The van der Waals surface area contributed by atoms with Crippen LogP contribution in [0.5, 0.6) is 0 Å². The summed E-state index contributed by atoms with van der Waals surface area (Å²) >= 11 is 5.67. The van der Waals surface area contributed by atoms with Gasteiger partial charge in [0.15, 0.2) is 0 Å². The highest BCUT2D eigenvalue weighted by molar-refractivity contribution is 7.90. The maximum absolute atomic E-state index is 10.9. The summed E-state index contributed by atoms with van der Waals surface area (Å²) in [6, 6.07) is 0. The molecule has 1 N–H and O–H groups in total. The highest BCUT2D eigenvalue weighted by atomic mass is 35.5. The number of sulfone groups is 1. The van der Waals surface area contributed by atoms with Crippen LogP contribution in [0.2, 0.25) is 5.15 Å². The molecule has 0 atom stereocenters. The Morgan fingerprint density at radius 2 is 2.27 bits per heavy atom. The van der Waals surface area contributed by atoms with Gasteiger partial charge in [-0.05, 0) is 0 Å². The molecule has 0 saturated heterocycles. The number of aromatic nitrogens is 2. The van der Waals surface area contributed by atoms with Gasteiger partial charge in [-0.15, -0.1) is 0 Å². The third-order valence-corrected chi connectivity index (χ3v) is 3.00. The van der Waals surface area contributed by atoms with Crippen molar-refractivity contribution in [3.05, 3.63) is 16.9 Å². The lowest BCUT2D eigenvalue weighted by atomic mass is 10.4. The van der Waals surface area contributed by atoms with E-state index in [2.05, 4.69) is 5.10 Å². The average Bonchev–Trinajstić information content (AvgIpc) is 2.42. The number of aromatic carboxylic acids is 1. The first-order chi connectivity index (χ1) is 6.81. The van der Waals surface area contributed by atoms with E-state index in [0.29, 0.717) is 0 Å². The standard InChI is InChI=1S/C7H9ClN2O4S/c1-15(13,14)3-2-10-6(8)5(4-9-10)7(11)12/h4H,2-3H2,1H3,(H,11,12). The van der Waals surface area contributed by atoms with Crippen molar-refractivity contribution < 1.29 is 18.3 Å². The lowest BCUT2D eigenvalue weighted by Crippen LogP contribution is -2.12. The van der Waals surface area contributed by atoms with E-state index in [1.807, 2.05) is 0 Å². The van der Waals surface area contributed by atoms with Crippen LogP contribution < -0.4 is 0 Å². The fraction of sp³-hybridized carbons (Fsp3) is 0.429. The van der Waals surface area contributed by atoms with Crippen LogP contribution in [0.15, 0.2) is 6.20 Å². The molecule has 0 aromatic carbocycles. The minimum absolute atomic E-state index is 0.0466. The van der Waals surface area contributed by atoms with Crippen molar-refractivity contribution in [1.82, 2.24) is 9.78 Å². The van der Waals surface area contributed by atoms with Gasteiger partial charge in [0.05, 0.1) is 18.5 Å². The van der Waals surface area contributed by atoms with Crippen molar-refractivity contribution in [3.63, 3.8) is 0 Å². The molecule has 0 bridgehead atoms. The molecule has 0 radical (unpaired) electrons. The Balaban J connectivity index is 2.84. The zero-order chi connectivity index (χ0) is 11.6. The zero-order valence-electron chi connectivity index (χ0n) is 7.84. The van der Waals surface area contributed by atoms with Crippen LogP contribution >= 0.6 is 11.6 Å². The number of hydrogen-bond acceptors (Lipinski definition) is 4. The number of rotatable bonds is 4. The molecule has 0 aliphatic heterocycles. The number of hydrogen-bond donors (Lipinski definition) is 1. The summed E-state index contributed by atoms with van der Waals surface area (Å²) in [7, 11) is -3.12. The molecule has 0 aliphatic carbocycles. The van der Waals surface area contributed by atoms with Gasteiger partial charge in [0, 0.05) is 6.26 Å². The van der Waals surface area contributed by atoms with E-state index in [9.17, 15) is 13.2 Å². The van der Waals surface area contributed by atoms with Gasteiger partial charge in [-0.3, -0.25) is 4.68 Å². The van der Waals surface area contributed by atoms with Crippen molar-refractivity contribution in [2.45, 2.75) is 6.54 Å². The van der Waals surface area contributed by atoms with Crippen molar-refractivity contribution in [3.8, 4) is 0 Å². The van der Waals surface area contributed by atoms with Gasteiger partial charge in [0.2, 0.25) is 0 Å². The smallest absolute Gasteiger partial charge is 0.340 e. The normalized spacial score (nSPS) is 11.6. The fourth-order valence-corrected chi connectivity index (χ4v) is 1.68. The maximum Gasteiger partial charge on any atom is 0.340 e. The summed E-state index contributed by atoms with van der Waals surface area (Å²) in [4.78, 5) is 10.6. The molecule has 0 aliphatic rings. The van der Waals surface area contributed by atoms with Gasteiger partial charge in [-0.25, -0.2) is 13.2 Å². The number of carboxylic acids is 1. The first-order valence-corrected chi connectivity index (χ1v) is 6.37. The third kappa shape index (κ3) is 3.21. The summed E-state index contributed by atoms with van der Waals surface area (Å²) in [6.07, 6.45) is 2.18. The molecule has 84 valence electrons. The van der Waals surface area contributed by atoms with E-state index in [4.69, 9.17) is 16.7 Å². The lowest BCUT2D eigenvalue weighted by molar-refractivity contribution is 0.0697. The molecular formula is C7H9ClN2O4S. The number of aryl methyl sites for hydroxylation is 1. The molecule has 0 unspecified atom stereocenters. The zero-order valence-corrected chi connectivity index (χ0v) is 9.42. The van der Waals surface area contributed by atoms with E-state index in [-0.39, 0.29) is 23.0 Å². The van der Waals surface area contributed by atoms with Crippen LogP contribution in [0.1, 0.15) is 10.4 Å². The third-order valence-electron chi connectivity index (χ3n) is 1.68. The molecular weight excluding hydrogens is 244 g/mol. The minimum Gasteiger partial charge on any atom is -0.478 e. The Morgan fingerprint density at radius 3 is 2.67 bits per heavy atom. The quantitative estimate of drug-likeness (QED) is 0.831. The number of nitrogens with zero attached hydrogens (tertiary/aromatic N) is 2. The molecule has 1 aromatic heterocycles. The summed E-state index contributed by atoms with van der Waals surface area (Å²) < 4.78 is 22.9. The van der Waals surface area contributed by atoms with Crippen LogP contribution in [0.3, 0.4) is 0 Å². The second-order valence-corrected chi connectivity index (χ2v) is 5.62.